The second kappa shape index (κ2) is 8.90. The molecule has 2 aromatic carbocycles. The summed E-state index contributed by atoms with van der Waals surface area (Å²) < 4.78 is 5.29. The number of nitrogens with one attached hydrogen (secondary N) is 1. The van der Waals surface area contributed by atoms with Crippen LogP contribution in [0.4, 0.5) is 17.1 Å². The fraction of sp³-hybridized carbons (Fsp3) is 0.350. The summed E-state index contributed by atoms with van der Waals surface area (Å²) in [6.07, 6.45) is 0. The monoisotopic (exact) mass is 422 g/mol. The molecule has 150 valence electrons. The van der Waals surface area contributed by atoms with Gasteiger partial charge >= 0.3 is 0 Å². The number of nitrogens with zero attached hydrogens (tertiary/aromatic N) is 2. The van der Waals surface area contributed by atoms with Crippen LogP contribution in [-0.2, 0) is 0 Å². The first-order valence-electron chi connectivity index (χ1n) is 9.14. The highest BCUT2D eigenvalue weighted by atomic mass is 35.5. The smallest absolute Gasteiger partial charge is 0.259 e. The molecule has 1 amide bonds. The Morgan fingerprint density at radius 3 is 2.54 bits per heavy atom. The van der Waals surface area contributed by atoms with Crippen molar-refractivity contribution in [1.29, 1.82) is 0 Å². The number of ether oxygens (including phenoxy) is 1. The molecule has 3 rings (SSSR count). The number of halogens is 2. The molecule has 0 radical (unpaired) electrons. The average molecular weight is 423 g/mol. The Balaban J connectivity index is 1.89. The number of benzene rings is 2. The Hall–Kier alpha value is -2.15. The molecule has 2 aromatic rings. The summed E-state index contributed by atoms with van der Waals surface area (Å²) in [5.74, 6) is -0.0779. The number of methoxy groups -OCH3 is 1. The molecule has 1 aliphatic rings. The van der Waals surface area contributed by atoms with Crippen LogP contribution in [0, 0.1) is 0 Å². The fourth-order valence-electron chi connectivity index (χ4n) is 3.36. The SMILES string of the molecule is CCN1CCN(c2ccc(N)cc2NC(=O)c2cc(Cl)cc(Cl)c2OC)CC1. The van der Waals surface area contributed by atoms with E-state index in [1.807, 2.05) is 12.1 Å². The Kier molecular flexibility index (Phi) is 6.54. The van der Waals surface area contributed by atoms with Gasteiger partial charge in [-0.3, -0.25) is 4.79 Å². The Morgan fingerprint density at radius 2 is 1.89 bits per heavy atom. The fourth-order valence-corrected chi connectivity index (χ4v) is 3.93. The average Bonchev–Trinajstić information content (AvgIpc) is 2.67. The Bertz CT molecular complexity index is 868. The highest BCUT2D eigenvalue weighted by Crippen LogP contribution is 2.34. The third-order valence-electron chi connectivity index (χ3n) is 4.89. The van der Waals surface area contributed by atoms with Crippen molar-refractivity contribution in [3.05, 3.63) is 45.9 Å². The summed E-state index contributed by atoms with van der Waals surface area (Å²) in [6, 6.07) is 8.62. The van der Waals surface area contributed by atoms with Gasteiger partial charge in [0.2, 0.25) is 0 Å². The minimum atomic E-state index is -0.361. The highest BCUT2D eigenvalue weighted by molar-refractivity contribution is 6.36. The maximum Gasteiger partial charge on any atom is 0.259 e. The van der Waals surface area contributed by atoms with Crippen molar-refractivity contribution < 1.29 is 9.53 Å². The number of carbonyl (C=O) groups is 1. The molecule has 1 fully saturated rings. The van der Waals surface area contributed by atoms with E-state index in [0.717, 1.165) is 38.4 Å². The van der Waals surface area contributed by atoms with Gasteiger partial charge in [0.15, 0.2) is 0 Å². The van der Waals surface area contributed by atoms with Crippen molar-refractivity contribution in [3.8, 4) is 5.75 Å². The number of nitrogen functional groups attached to an aromatic ring is 1. The maximum absolute atomic E-state index is 13.0. The van der Waals surface area contributed by atoms with Gasteiger partial charge in [0.05, 0.1) is 29.1 Å². The normalized spacial score (nSPS) is 14.8. The molecule has 0 unspecified atom stereocenters. The molecule has 0 aromatic heterocycles. The number of likely N-dealkylation sites (N-methyl/N-ethyl adjacent to an activating group) is 1. The number of carbonyl (C=O) groups excluding carboxylic acids is 1. The van der Waals surface area contributed by atoms with Crippen molar-refractivity contribution in [2.24, 2.45) is 0 Å². The van der Waals surface area contributed by atoms with Crippen molar-refractivity contribution >= 4 is 46.2 Å². The molecular formula is C20H24Cl2N4O2. The lowest BCUT2D eigenvalue weighted by atomic mass is 10.1. The van der Waals surface area contributed by atoms with Gasteiger partial charge in [0.25, 0.3) is 5.91 Å². The number of rotatable bonds is 5. The largest absolute Gasteiger partial charge is 0.494 e. The molecular weight excluding hydrogens is 399 g/mol. The number of nitrogens with two attached hydrogens (primary N) is 1. The second-order valence-corrected chi connectivity index (χ2v) is 7.46. The highest BCUT2D eigenvalue weighted by Gasteiger charge is 2.22. The lowest BCUT2D eigenvalue weighted by molar-refractivity contribution is 0.102. The molecule has 0 spiro atoms. The molecule has 0 saturated carbocycles. The van der Waals surface area contributed by atoms with Gasteiger partial charge in [-0.15, -0.1) is 0 Å². The first-order valence-corrected chi connectivity index (χ1v) is 9.89. The lowest BCUT2D eigenvalue weighted by Crippen LogP contribution is -2.46. The first-order chi connectivity index (χ1) is 13.4. The summed E-state index contributed by atoms with van der Waals surface area (Å²) in [5, 5.41) is 3.59. The zero-order chi connectivity index (χ0) is 20.3. The minimum Gasteiger partial charge on any atom is -0.494 e. The lowest BCUT2D eigenvalue weighted by Gasteiger charge is -2.36. The van der Waals surface area contributed by atoms with Gasteiger partial charge in [-0.25, -0.2) is 0 Å². The molecule has 1 saturated heterocycles. The van der Waals surface area contributed by atoms with Crippen LogP contribution in [0.2, 0.25) is 10.0 Å². The molecule has 1 heterocycles. The van der Waals surface area contributed by atoms with Crippen molar-refractivity contribution in [3.63, 3.8) is 0 Å². The summed E-state index contributed by atoms with van der Waals surface area (Å²) in [5.41, 5.74) is 8.40. The Morgan fingerprint density at radius 1 is 1.18 bits per heavy atom. The van der Waals surface area contributed by atoms with Crippen LogP contribution < -0.4 is 20.7 Å². The predicted molar refractivity (Wildman–Crippen MR) is 116 cm³/mol. The number of amides is 1. The molecule has 28 heavy (non-hydrogen) atoms. The van der Waals surface area contributed by atoms with Crippen molar-refractivity contribution in [1.82, 2.24) is 4.90 Å². The molecule has 0 atom stereocenters. The van der Waals surface area contributed by atoms with Crippen LogP contribution in [0.5, 0.6) is 5.75 Å². The standard InChI is InChI=1S/C20H24Cl2N4O2/c1-3-25-6-8-26(9-7-25)18-5-4-14(23)12-17(18)24-20(27)15-10-13(21)11-16(22)19(15)28-2/h4-5,10-12H,3,6-9,23H2,1-2H3,(H,24,27). The van der Waals surface area contributed by atoms with E-state index < -0.39 is 0 Å². The third kappa shape index (κ3) is 4.46. The van der Waals surface area contributed by atoms with Crippen LogP contribution in [0.25, 0.3) is 0 Å². The van der Waals surface area contributed by atoms with Crippen LogP contribution in [0.3, 0.4) is 0 Å². The van der Waals surface area contributed by atoms with Crippen LogP contribution >= 0.6 is 23.2 Å². The minimum absolute atomic E-state index is 0.268. The molecule has 0 bridgehead atoms. The molecule has 8 heteroatoms. The van der Waals surface area contributed by atoms with Gasteiger partial charge in [-0.2, -0.15) is 0 Å². The second-order valence-electron chi connectivity index (χ2n) is 6.62. The number of anilines is 3. The summed E-state index contributed by atoms with van der Waals surface area (Å²) in [4.78, 5) is 17.6. The zero-order valence-corrected chi connectivity index (χ0v) is 17.5. The Labute approximate surface area is 175 Å². The van der Waals surface area contributed by atoms with Gasteiger partial charge in [-0.05, 0) is 36.9 Å². The third-order valence-corrected chi connectivity index (χ3v) is 5.39. The number of hydrogen-bond donors (Lipinski definition) is 2. The molecule has 6 nitrogen and oxygen atoms in total. The van der Waals surface area contributed by atoms with Gasteiger partial charge < -0.3 is 25.6 Å². The van der Waals surface area contributed by atoms with E-state index in [0.29, 0.717) is 16.4 Å². The van der Waals surface area contributed by atoms with Crippen molar-refractivity contribution in [2.45, 2.75) is 6.92 Å². The van der Waals surface area contributed by atoms with E-state index >= 15 is 0 Å². The van der Waals surface area contributed by atoms with E-state index in [-0.39, 0.29) is 22.2 Å². The molecule has 0 aliphatic carbocycles. The topological polar surface area (TPSA) is 70.8 Å². The van der Waals surface area contributed by atoms with Crippen LogP contribution in [0.15, 0.2) is 30.3 Å². The number of hydrogen-bond acceptors (Lipinski definition) is 5. The van der Waals surface area contributed by atoms with Crippen LogP contribution in [-0.4, -0.2) is 50.6 Å². The summed E-state index contributed by atoms with van der Waals surface area (Å²) in [7, 11) is 1.46. The van der Waals surface area contributed by atoms with E-state index in [9.17, 15) is 4.79 Å². The molecule has 3 N–H and O–H groups in total. The van der Waals surface area contributed by atoms with Crippen molar-refractivity contribution in [2.75, 3.05) is 55.8 Å². The van der Waals surface area contributed by atoms with Gasteiger partial charge in [-0.1, -0.05) is 30.1 Å². The maximum atomic E-state index is 13.0. The van der Waals surface area contributed by atoms with E-state index in [2.05, 4.69) is 22.0 Å². The zero-order valence-electron chi connectivity index (χ0n) is 16.0. The van der Waals surface area contributed by atoms with E-state index in [1.165, 1.54) is 19.2 Å². The quantitative estimate of drug-likeness (QED) is 0.712. The predicted octanol–water partition coefficient (Wildman–Crippen LogP) is 3.98. The number of piperazine rings is 1. The summed E-state index contributed by atoms with van der Waals surface area (Å²) in [6.45, 7) is 6.92. The summed E-state index contributed by atoms with van der Waals surface area (Å²) >= 11 is 12.2. The van der Waals surface area contributed by atoms with Gasteiger partial charge in [0, 0.05) is 36.9 Å². The first kappa shape index (κ1) is 20.6. The van der Waals surface area contributed by atoms with E-state index in [1.54, 1.807) is 6.07 Å². The van der Waals surface area contributed by atoms with E-state index in [4.69, 9.17) is 33.7 Å². The molecule has 1 aliphatic heterocycles. The van der Waals surface area contributed by atoms with Gasteiger partial charge in [0.1, 0.15) is 5.75 Å². The van der Waals surface area contributed by atoms with Crippen LogP contribution in [0.1, 0.15) is 17.3 Å².